The van der Waals surface area contributed by atoms with Crippen molar-refractivity contribution in [3.8, 4) is 5.75 Å². The second-order valence-electron chi connectivity index (χ2n) is 8.54. The number of hydrogen-bond acceptors (Lipinski definition) is 4. The molecule has 0 spiro atoms. The van der Waals surface area contributed by atoms with Gasteiger partial charge in [0.2, 0.25) is 5.82 Å². The summed E-state index contributed by atoms with van der Waals surface area (Å²) in [6.07, 6.45) is 2.14. The van der Waals surface area contributed by atoms with E-state index in [-0.39, 0.29) is 30.4 Å². The number of rotatable bonds is 8. The molecule has 28 heavy (non-hydrogen) atoms. The summed E-state index contributed by atoms with van der Waals surface area (Å²) in [5, 5.41) is 0.00799. The van der Waals surface area contributed by atoms with Gasteiger partial charge >= 0.3 is 0 Å². The molecule has 1 aromatic carbocycles. The van der Waals surface area contributed by atoms with Gasteiger partial charge in [-0.3, -0.25) is 0 Å². The fourth-order valence-electron chi connectivity index (χ4n) is 2.54. The van der Waals surface area contributed by atoms with E-state index in [0.29, 0.717) is 13.0 Å². The molecule has 1 fully saturated rings. The van der Waals surface area contributed by atoms with Crippen LogP contribution in [0.5, 0.6) is 5.75 Å². The largest absolute Gasteiger partial charge is 0.485 e. The molecular weight excluding hydrogens is 389 g/mol. The molecule has 0 saturated carbocycles. The smallest absolute Gasteiger partial charge is 0.203 e. The van der Waals surface area contributed by atoms with Crippen LogP contribution >= 0.6 is 0 Å². The molecule has 4 nitrogen and oxygen atoms in total. The van der Waals surface area contributed by atoms with Crippen molar-refractivity contribution in [2.75, 3.05) is 19.8 Å². The predicted octanol–water partition coefficient (Wildman–Crippen LogP) is 5.55. The van der Waals surface area contributed by atoms with Crippen molar-refractivity contribution < 1.29 is 31.8 Å². The Morgan fingerprint density at radius 1 is 1.11 bits per heavy atom. The van der Waals surface area contributed by atoms with Gasteiger partial charge in [-0.2, -0.15) is 4.39 Å². The van der Waals surface area contributed by atoms with Gasteiger partial charge in [-0.1, -0.05) is 20.8 Å². The average Bonchev–Trinajstić information content (AvgIpc) is 2.63. The van der Waals surface area contributed by atoms with Gasteiger partial charge in [-0.15, -0.1) is 0 Å². The van der Waals surface area contributed by atoms with Crippen molar-refractivity contribution >= 4 is 8.32 Å². The molecular formula is C20H31F3O4Si. The lowest BCUT2D eigenvalue weighted by Gasteiger charge is -2.36. The maximum Gasteiger partial charge on any atom is 0.203 e. The Bertz CT molecular complexity index is 656. The Balaban J connectivity index is 1.98. The van der Waals surface area contributed by atoms with Crippen molar-refractivity contribution in [3.05, 3.63) is 29.1 Å². The maximum absolute atomic E-state index is 14.6. The van der Waals surface area contributed by atoms with E-state index in [4.69, 9.17) is 18.6 Å². The molecule has 1 unspecified atom stereocenters. The molecule has 160 valence electrons. The summed E-state index contributed by atoms with van der Waals surface area (Å²) in [4.78, 5) is 0. The quantitative estimate of drug-likeness (QED) is 0.314. The van der Waals surface area contributed by atoms with Gasteiger partial charge in [0.25, 0.3) is 0 Å². The van der Waals surface area contributed by atoms with Crippen LogP contribution in [0.2, 0.25) is 18.1 Å². The Kier molecular flexibility index (Phi) is 7.95. The maximum atomic E-state index is 14.6. The first kappa shape index (κ1) is 23.2. The van der Waals surface area contributed by atoms with Crippen LogP contribution in [-0.4, -0.2) is 34.4 Å². The fraction of sp³-hybridized carbons (Fsp3) is 0.700. The number of halogens is 3. The van der Waals surface area contributed by atoms with Crippen molar-refractivity contribution in [1.29, 1.82) is 0 Å². The lowest BCUT2D eigenvalue weighted by molar-refractivity contribution is -0.169. The second-order valence-corrected chi connectivity index (χ2v) is 13.3. The van der Waals surface area contributed by atoms with E-state index in [1.807, 2.05) is 0 Å². The van der Waals surface area contributed by atoms with Gasteiger partial charge in [-0.25, -0.2) is 8.78 Å². The molecule has 2 rings (SSSR count). The topological polar surface area (TPSA) is 36.9 Å². The molecule has 1 aromatic rings. The average molecular weight is 421 g/mol. The zero-order valence-electron chi connectivity index (χ0n) is 17.4. The highest BCUT2D eigenvalue weighted by Gasteiger charge is 2.37. The van der Waals surface area contributed by atoms with E-state index in [1.54, 1.807) is 0 Å². The third-order valence-electron chi connectivity index (χ3n) is 5.35. The number of hydrogen-bond donors (Lipinski definition) is 0. The summed E-state index contributed by atoms with van der Waals surface area (Å²) in [5.41, 5.74) is -0.103. The van der Waals surface area contributed by atoms with Crippen LogP contribution in [0.3, 0.4) is 0 Å². The zero-order chi connectivity index (χ0) is 20.9. The van der Waals surface area contributed by atoms with E-state index in [9.17, 15) is 13.2 Å². The molecule has 8 heteroatoms. The van der Waals surface area contributed by atoms with Gasteiger partial charge in [0.05, 0.1) is 13.2 Å². The number of benzene rings is 1. The molecule has 0 radical (unpaired) electrons. The zero-order valence-corrected chi connectivity index (χ0v) is 18.4. The van der Waals surface area contributed by atoms with Crippen molar-refractivity contribution in [3.63, 3.8) is 0 Å². The van der Waals surface area contributed by atoms with Crippen molar-refractivity contribution in [2.24, 2.45) is 0 Å². The summed E-state index contributed by atoms with van der Waals surface area (Å²) in [5.74, 6) is -4.21. The highest BCUT2D eigenvalue weighted by molar-refractivity contribution is 6.74. The third-order valence-corrected chi connectivity index (χ3v) is 9.89. The van der Waals surface area contributed by atoms with Crippen LogP contribution in [-0.2, 0) is 20.5 Å². The van der Waals surface area contributed by atoms with Gasteiger partial charge in [0.1, 0.15) is 6.61 Å². The highest BCUT2D eigenvalue weighted by Crippen LogP contribution is 2.36. The summed E-state index contributed by atoms with van der Waals surface area (Å²) < 4.78 is 64.6. The van der Waals surface area contributed by atoms with Gasteiger partial charge in [-0.05, 0) is 43.5 Å². The molecule has 0 aliphatic carbocycles. The number of ether oxygens (including phenoxy) is 3. The molecule has 0 N–H and O–H groups in total. The second kappa shape index (κ2) is 9.60. The van der Waals surface area contributed by atoms with Crippen LogP contribution in [0.1, 0.15) is 45.6 Å². The van der Waals surface area contributed by atoms with E-state index >= 15 is 0 Å². The van der Waals surface area contributed by atoms with E-state index in [2.05, 4.69) is 33.9 Å². The van der Waals surface area contributed by atoms with E-state index < -0.39 is 37.8 Å². The molecule has 0 bridgehead atoms. The van der Waals surface area contributed by atoms with Gasteiger partial charge < -0.3 is 18.6 Å². The van der Waals surface area contributed by atoms with Gasteiger partial charge in [0.15, 0.2) is 32.0 Å². The minimum atomic E-state index is -2.00. The summed E-state index contributed by atoms with van der Waals surface area (Å²) in [6, 6.07) is 0.798. The Hall–Kier alpha value is -1.09. The summed E-state index contributed by atoms with van der Waals surface area (Å²) in [6.45, 7) is 10.9. The predicted molar refractivity (Wildman–Crippen MR) is 103 cm³/mol. The van der Waals surface area contributed by atoms with Crippen LogP contribution in [0.25, 0.3) is 0 Å². The Morgan fingerprint density at radius 2 is 1.82 bits per heavy atom. The van der Waals surface area contributed by atoms with Crippen molar-refractivity contribution in [1.82, 2.24) is 0 Å². The minimum absolute atomic E-state index is 0.00799. The van der Waals surface area contributed by atoms with Crippen LogP contribution in [0.15, 0.2) is 6.07 Å². The first-order chi connectivity index (χ1) is 13.0. The molecule has 1 saturated heterocycles. The Labute approximate surface area is 166 Å². The molecule has 0 amide bonds. The first-order valence-electron chi connectivity index (χ1n) is 9.69. The molecule has 1 aliphatic heterocycles. The molecule has 1 atom stereocenters. The highest BCUT2D eigenvalue weighted by atomic mass is 28.4. The fourth-order valence-corrected chi connectivity index (χ4v) is 3.57. The van der Waals surface area contributed by atoms with Gasteiger partial charge in [0, 0.05) is 12.2 Å². The molecule has 1 aliphatic rings. The van der Waals surface area contributed by atoms with E-state index in [1.165, 1.54) is 0 Å². The minimum Gasteiger partial charge on any atom is -0.485 e. The van der Waals surface area contributed by atoms with Crippen LogP contribution in [0, 0.1) is 17.5 Å². The van der Waals surface area contributed by atoms with Crippen LogP contribution in [0.4, 0.5) is 13.2 Å². The van der Waals surface area contributed by atoms with E-state index in [0.717, 1.165) is 18.9 Å². The molecule has 1 heterocycles. The normalized spacial score (nSPS) is 18.4. The monoisotopic (exact) mass is 420 g/mol. The SMILES string of the molecule is CC(C)(C)[Si](C)(C)OCCOc1c(F)c(F)cc(COC2CCCCO2)c1F. The Morgan fingerprint density at radius 3 is 2.43 bits per heavy atom. The third kappa shape index (κ3) is 5.95. The lowest BCUT2D eigenvalue weighted by Crippen LogP contribution is -2.41. The first-order valence-corrected chi connectivity index (χ1v) is 12.6. The van der Waals surface area contributed by atoms with Crippen LogP contribution < -0.4 is 4.74 Å². The van der Waals surface area contributed by atoms with Crippen molar-refractivity contribution in [2.45, 2.75) is 71.1 Å². The lowest BCUT2D eigenvalue weighted by atomic mass is 10.2. The summed E-state index contributed by atoms with van der Waals surface area (Å²) >= 11 is 0. The summed E-state index contributed by atoms with van der Waals surface area (Å²) in [7, 11) is -2.00. The molecule has 0 aromatic heterocycles. The standard InChI is InChI=1S/C20H31F3O4Si/c1-20(2,3)28(4,5)27-11-10-25-19-17(22)14(12-15(21)18(19)23)13-26-16-8-6-7-9-24-16/h12,16H,6-11,13H2,1-5H3.